The van der Waals surface area contributed by atoms with Crippen LogP contribution in [0.3, 0.4) is 0 Å². The van der Waals surface area contributed by atoms with E-state index in [0.717, 1.165) is 24.2 Å². The molecule has 2 aromatic carbocycles. The number of hydrogen-bond acceptors (Lipinski definition) is 4. The first-order valence-corrected chi connectivity index (χ1v) is 8.58. The summed E-state index contributed by atoms with van der Waals surface area (Å²) in [7, 11) is 0. The van der Waals surface area contributed by atoms with E-state index in [1.165, 1.54) is 5.56 Å². The number of hydrazone groups is 1. The van der Waals surface area contributed by atoms with Crippen molar-refractivity contribution in [2.24, 2.45) is 5.10 Å². The van der Waals surface area contributed by atoms with Crippen molar-refractivity contribution in [2.75, 3.05) is 13.2 Å². The van der Waals surface area contributed by atoms with Gasteiger partial charge in [-0.1, -0.05) is 38.1 Å². The number of ether oxygens (including phenoxy) is 2. The monoisotopic (exact) mass is 352 g/mol. The SMILES string of the molecule is C=CCOc1ccc(/C=N\NC(=O)COc2ccc(CCC)cc2)cc1. The number of rotatable bonds is 10. The molecule has 0 aliphatic carbocycles. The van der Waals surface area contributed by atoms with Crippen LogP contribution in [0.1, 0.15) is 24.5 Å². The Morgan fingerprint density at radius 1 is 1.08 bits per heavy atom. The summed E-state index contributed by atoms with van der Waals surface area (Å²) in [4.78, 5) is 11.8. The molecule has 1 N–H and O–H groups in total. The Bertz CT molecular complexity index is 722. The molecule has 0 spiro atoms. The topological polar surface area (TPSA) is 59.9 Å². The number of carbonyl (C=O) groups excluding carboxylic acids is 1. The molecular weight excluding hydrogens is 328 g/mol. The fourth-order valence-electron chi connectivity index (χ4n) is 2.21. The molecule has 0 bridgehead atoms. The average Bonchev–Trinajstić information content (AvgIpc) is 2.67. The van der Waals surface area contributed by atoms with Crippen LogP contribution < -0.4 is 14.9 Å². The summed E-state index contributed by atoms with van der Waals surface area (Å²) in [6.07, 6.45) is 5.39. The summed E-state index contributed by atoms with van der Waals surface area (Å²) in [6.45, 7) is 6.12. The zero-order valence-electron chi connectivity index (χ0n) is 15.0. The molecule has 0 aliphatic heterocycles. The molecule has 0 heterocycles. The molecule has 26 heavy (non-hydrogen) atoms. The van der Waals surface area contributed by atoms with Crippen LogP contribution in [0.15, 0.2) is 66.3 Å². The van der Waals surface area contributed by atoms with E-state index in [1.54, 1.807) is 12.3 Å². The lowest BCUT2D eigenvalue weighted by Gasteiger charge is -2.06. The molecule has 0 aliphatic rings. The molecule has 1 amide bonds. The standard InChI is InChI=1S/C21H24N2O3/c1-3-5-17-6-10-20(11-7-17)26-16-21(24)23-22-15-18-8-12-19(13-9-18)25-14-4-2/h4,6-13,15H,2-3,5,14,16H2,1H3,(H,23,24)/b22-15-. The van der Waals surface area contributed by atoms with Crippen molar-refractivity contribution in [1.29, 1.82) is 0 Å². The van der Waals surface area contributed by atoms with Crippen LogP contribution >= 0.6 is 0 Å². The van der Waals surface area contributed by atoms with Crippen molar-refractivity contribution >= 4 is 12.1 Å². The second-order valence-electron chi connectivity index (χ2n) is 5.64. The highest BCUT2D eigenvalue weighted by Gasteiger charge is 2.01. The lowest BCUT2D eigenvalue weighted by molar-refractivity contribution is -0.123. The van der Waals surface area contributed by atoms with Crippen molar-refractivity contribution in [2.45, 2.75) is 19.8 Å². The first-order valence-electron chi connectivity index (χ1n) is 8.58. The Balaban J connectivity index is 1.73. The van der Waals surface area contributed by atoms with Crippen molar-refractivity contribution < 1.29 is 14.3 Å². The van der Waals surface area contributed by atoms with Crippen molar-refractivity contribution in [1.82, 2.24) is 5.43 Å². The third-order valence-electron chi connectivity index (χ3n) is 3.48. The van der Waals surface area contributed by atoms with E-state index in [4.69, 9.17) is 9.47 Å². The van der Waals surface area contributed by atoms with Gasteiger partial charge >= 0.3 is 0 Å². The van der Waals surface area contributed by atoms with Gasteiger partial charge in [-0.15, -0.1) is 0 Å². The van der Waals surface area contributed by atoms with Gasteiger partial charge in [0.15, 0.2) is 6.61 Å². The highest BCUT2D eigenvalue weighted by Crippen LogP contribution is 2.13. The van der Waals surface area contributed by atoms with E-state index in [-0.39, 0.29) is 12.5 Å². The van der Waals surface area contributed by atoms with Gasteiger partial charge in [-0.3, -0.25) is 4.79 Å². The predicted octanol–water partition coefficient (Wildman–Crippen LogP) is 3.73. The minimum atomic E-state index is -0.315. The minimum absolute atomic E-state index is 0.0845. The molecule has 0 radical (unpaired) electrons. The van der Waals surface area contributed by atoms with Gasteiger partial charge in [0.25, 0.3) is 5.91 Å². The first kappa shape index (κ1) is 19.2. The van der Waals surface area contributed by atoms with Gasteiger partial charge in [0.1, 0.15) is 18.1 Å². The predicted molar refractivity (Wildman–Crippen MR) is 104 cm³/mol. The molecule has 5 nitrogen and oxygen atoms in total. The van der Waals surface area contributed by atoms with E-state index in [1.807, 2.05) is 48.5 Å². The number of nitrogens with one attached hydrogen (secondary N) is 1. The van der Waals surface area contributed by atoms with Gasteiger partial charge in [0, 0.05) is 0 Å². The number of hydrogen-bond donors (Lipinski definition) is 1. The van der Waals surface area contributed by atoms with Crippen LogP contribution in [-0.2, 0) is 11.2 Å². The average molecular weight is 352 g/mol. The molecule has 136 valence electrons. The molecule has 0 saturated carbocycles. The van der Waals surface area contributed by atoms with Crippen molar-refractivity contribution in [3.05, 3.63) is 72.3 Å². The van der Waals surface area contributed by atoms with E-state index >= 15 is 0 Å². The summed E-state index contributed by atoms with van der Waals surface area (Å²) < 4.78 is 10.8. The highest BCUT2D eigenvalue weighted by atomic mass is 16.5. The van der Waals surface area contributed by atoms with E-state index in [2.05, 4.69) is 24.0 Å². The van der Waals surface area contributed by atoms with Crippen LogP contribution in [0.2, 0.25) is 0 Å². The molecule has 2 rings (SSSR count). The normalized spacial score (nSPS) is 10.5. The van der Waals surface area contributed by atoms with Crippen LogP contribution in [0.5, 0.6) is 11.5 Å². The third-order valence-corrected chi connectivity index (χ3v) is 3.48. The number of aryl methyl sites for hydroxylation is 1. The third kappa shape index (κ3) is 6.81. The first-order chi connectivity index (χ1) is 12.7. The molecule has 0 saturated heterocycles. The van der Waals surface area contributed by atoms with Gasteiger partial charge < -0.3 is 9.47 Å². The van der Waals surface area contributed by atoms with Crippen LogP contribution in [0, 0.1) is 0 Å². The van der Waals surface area contributed by atoms with E-state index in [9.17, 15) is 4.79 Å². The van der Waals surface area contributed by atoms with Crippen molar-refractivity contribution in [3.8, 4) is 11.5 Å². The maximum Gasteiger partial charge on any atom is 0.277 e. The summed E-state index contributed by atoms with van der Waals surface area (Å²) in [6, 6.07) is 15.1. The maximum absolute atomic E-state index is 11.8. The Hall–Kier alpha value is -3.08. The van der Waals surface area contributed by atoms with Crippen LogP contribution in [0.25, 0.3) is 0 Å². The molecule has 2 aromatic rings. The van der Waals surface area contributed by atoms with Gasteiger partial charge in [0.2, 0.25) is 0 Å². The quantitative estimate of drug-likeness (QED) is 0.403. The molecule has 0 fully saturated rings. The number of amides is 1. The van der Waals surface area contributed by atoms with Gasteiger partial charge in [-0.05, 0) is 53.9 Å². The summed E-state index contributed by atoms with van der Waals surface area (Å²) >= 11 is 0. The Morgan fingerprint density at radius 2 is 1.73 bits per heavy atom. The second-order valence-corrected chi connectivity index (χ2v) is 5.64. The molecule has 0 aromatic heterocycles. The number of nitrogens with zero attached hydrogens (tertiary/aromatic N) is 1. The summed E-state index contributed by atoms with van der Waals surface area (Å²) in [5, 5.41) is 3.92. The number of benzene rings is 2. The largest absolute Gasteiger partial charge is 0.490 e. The molecular formula is C21H24N2O3. The minimum Gasteiger partial charge on any atom is -0.490 e. The van der Waals surface area contributed by atoms with Crippen LogP contribution in [0.4, 0.5) is 0 Å². The van der Waals surface area contributed by atoms with Gasteiger partial charge in [-0.25, -0.2) is 5.43 Å². The van der Waals surface area contributed by atoms with Gasteiger partial charge in [-0.2, -0.15) is 5.10 Å². The molecule has 0 atom stereocenters. The zero-order valence-corrected chi connectivity index (χ0v) is 15.0. The van der Waals surface area contributed by atoms with Crippen LogP contribution in [-0.4, -0.2) is 25.3 Å². The second kappa shape index (κ2) is 10.7. The number of carbonyl (C=O) groups is 1. The summed E-state index contributed by atoms with van der Waals surface area (Å²) in [5.41, 5.74) is 4.55. The fourth-order valence-corrected chi connectivity index (χ4v) is 2.21. The fraction of sp³-hybridized carbons (Fsp3) is 0.238. The Labute approximate surface area is 154 Å². The molecule has 5 heteroatoms. The Kier molecular flexibility index (Phi) is 7.93. The van der Waals surface area contributed by atoms with E-state index in [0.29, 0.717) is 12.4 Å². The Morgan fingerprint density at radius 3 is 2.38 bits per heavy atom. The lowest BCUT2D eigenvalue weighted by atomic mass is 10.1. The smallest absolute Gasteiger partial charge is 0.277 e. The zero-order chi connectivity index (χ0) is 18.6. The highest BCUT2D eigenvalue weighted by molar-refractivity contribution is 5.83. The van der Waals surface area contributed by atoms with Crippen molar-refractivity contribution in [3.63, 3.8) is 0 Å². The summed E-state index contributed by atoms with van der Waals surface area (Å²) in [5.74, 6) is 1.10. The lowest BCUT2D eigenvalue weighted by Crippen LogP contribution is -2.24. The van der Waals surface area contributed by atoms with E-state index < -0.39 is 0 Å². The van der Waals surface area contributed by atoms with Gasteiger partial charge in [0.05, 0.1) is 6.21 Å². The maximum atomic E-state index is 11.8. The molecule has 0 unspecified atom stereocenters.